The predicted molar refractivity (Wildman–Crippen MR) is 156 cm³/mol. The van der Waals surface area contributed by atoms with Crippen molar-refractivity contribution in [2.45, 2.75) is 23.8 Å². The van der Waals surface area contributed by atoms with Gasteiger partial charge in [-0.1, -0.05) is 35.0 Å². The average Bonchev–Trinajstić information content (AvgIpc) is 3.56. The van der Waals surface area contributed by atoms with Crippen molar-refractivity contribution in [3.05, 3.63) is 83.0 Å². The summed E-state index contributed by atoms with van der Waals surface area (Å²) in [6, 6.07) is 15.5. The van der Waals surface area contributed by atoms with Crippen molar-refractivity contribution in [1.29, 1.82) is 0 Å². The van der Waals surface area contributed by atoms with E-state index in [0.717, 1.165) is 33.9 Å². The largest absolute Gasteiger partial charge is 0.411 e. The Morgan fingerprint density at radius 2 is 2.00 bits per heavy atom. The SMILES string of the molecule is O=S(=O)(c1ccc(Cl)cc1)N1CCC[C@@H](Nc2nccc(-c3c(-c4cccc(/C=N\O)c4)nc4sccn34)n2)C1. The van der Waals surface area contributed by atoms with E-state index in [0.29, 0.717) is 36.2 Å². The summed E-state index contributed by atoms with van der Waals surface area (Å²) in [5, 5.41) is 17.9. The molecule has 2 aromatic carbocycles. The molecule has 3 aromatic heterocycles. The van der Waals surface area contributed by atoms with Crippen LogP contribution in [0, 0.1) is 0 Å². The number of nitrogens with zero attached hydrogens (tertiary/aromatic N) is 6. The van der Waals surface area contributed by atoms with Crippen LogP contribution in [0.15, 0.2) is 82.4 Å². The van der Waals surface area contributed by atoms with Gasteiger partial charge in [0.15, 0.2) is 4.96 Å². The van der Waals surface area contributed by atoms with E-state index in [2.05, 4.69) is 15.5 Å². The van der Waals surface area contributed by atoms with Crippen LogP contribution in [0.25, 0.3) is 27.6 Å². The number of benzene rings is 2. The Kier molecular flexibility index (Phi) is 7.24. The molecule has 0 radical (unpaired) electrons. The molecule has 10 nitrogen and oxygen atoms in total. The number of rotatable bonds is 7. The molecule has 1 fully saturated rings. The van der Waals surface area contributed by atoms with Gasteiger partial charge in [-0.25, -0.2) is 23.4 Å². The lowest BCUT2D eigenvalue weighted by atomic mass is 10.1. The number of oxime groups is 1. The highest BCUT2D eigenvalue weighted by molar-refractivity contribution is 7.89. The van der Waals surface area contributed by atoms with Gasteiger partial charge in [-0.2, -0.15) is 4.31 Å². The molecule has 0 saturated carbocycles. The van der Waals surface area contributed by atoms with E-state index in [4.69, 9.17) is 26.8 Å². The Hall–Kier alpha value is -3.84. The number of halogens is 1. The van der Waals surface area contributed by atoms with E-state index in [-0.39, 0.29) is 10.9 Å². The predicted octanol–water partition coefficient (Wildman–Crippen LogP) is 5.25. The maximum atomic E-state index is 13.2. The van der Waals surface area contributed by atoms with Gasteiger partial charge in [0.1, 0.15) is 5.69 Å². The third kappa shape index (κ3) is 5.18. The van der Waals surface area contributed by atoms with Gasteiger partial charge >= 0.3 is 0 Å². The van der Waals surface area contributed by atoms with Crippen molar-refractivity contribution < 1.29 is 13.6 Å². The van der Waals surface area contributed by atoms with Crippen LogP contribution in [0.4, 0.5) is 5.95 Å². The molecule has 40 heavy (non-hydrogen) atoms. The van der Waals surface area contributed by atoms with Crippen molar-refractivity contribution in [2.24, 2.45) is 5.16 Å². The van der Waals surface area contributed by atoms with Crippen molar-refractivity contribution in [1.82, 2.24) is 23.7 Å². The highest BCUT2D eigenvalue weighted by Gasteiger charge is 2.30. The van der Waals surface area contributed by atoms with Gasteiger partial charge in [0.05, 0.1) is 22.5 Å². The molecule has 1 saturated heterocycles. The Balaban J connectivity index is 1.28. The Morgan fingerprint density at radius 3 is 2.83 bits per heavy atom. The van der Waals surface area contributed by atoms with Crippen LogP contribution < -0.4 is 5.32 Å². The monoisotopic (exact) mass is 593 g/mol. The molecule has 13 heteroatoms. The highest BCUT2D eigenvalue weighted by Crippen LogP contribution is 2.34. The van der Waals surface area contributed by atoms with Gasteiger partial charge in [0.2, 0.25) is 16.0 Å². The minimum absolute atomic E-state index is 0.161. The number of piperidine rings is 1. The van der Waals surface area contributed by atoms with Crippen LogP contribution in [0.5, 0.6) is 0 Å². The Labute approximate surface area is 239 Å². The highest BCUT2D eigenvalue weighted by atomic mass is 35.5. The van der Waals surface area contributed by atoms with Gasteiger partial charge < -0.3 is 10.5 Å². The molecule has 1 aliphatic heterocycles. The fourth-order valence-corrected chi connectivity index (χ4v) is 7.21. The zero-order valence-corrected chi connectivity index (χ0v) is 23.4. The molecule has 1 atom stereocenters. The number of sulfonamides is 1. The standard InChI is InChI=1S/C27H24ClN7O3S2/c28-20-6-8-22(9-7-20)40(37,38)34-12-2-5-21(17-34)31-26-29-11-10-23(32-26)25-24(33-27-35(25)13-14-39-27)19-4-1-3-18(15-19)16-30-36/h1,3-4,6-11,13-16,21,36H,2,5,12,17H2,(H,29,31,32)/b30-16-/t21-/m1/s1. The summed E-state index contributed by atoms with van der Waals surface area (Å²) in [6.07, 6.45) is 6.49. The number of hydrogen-bond donors (Lipinski definition) is 2. The minimum atomic E-state index is -3.65. The average molecular weight is 594 g/mol. The fourth-order valence-electron chi connectivity index (χ4n) is 4.84. The van der Waals surface area contributed by atoms with Crippen LogP contribution in [-0.4, -0.2) is 62.6 Å². The number of fused-ring (bicyclic) bond motifs is 1. The minimum Gasteiger partial charge on any atom is -0.411 e. The molecule has 2 N–H and O–H groups in total. The van der Waals surface area contributed by atoms with E-state index in [1.165, 1.54) is 34.0 Å². The number of thiazole rings is 1. The first-order chi connectivity index (χ1) is 19.4. The van der Waals surface area contributed by atoms with Crippen LogP contribution in [0.2, 0.25) is 5.02 Å². The normalized spacial score (nSPS) is 16.6. The third-order valence-electron chi connectivity index (χ3n) is 6.70. The van der Waals surface area contributed by atoms with Crippen molar-refractivity contribution >= 4 is 50.1 Å². The first-order valence-electron chi connectivity index (χ1n) is 12.5. The zero-order valence-electron chi connectivity index (χ0n) is 21.1. The lowest BCUT2D eigenvalue weighted by molar-refractivity contribution is 0.322. The number of imidazole rings is 1. The third-order valence-corrected chi connectivity index (χ3v) is 9.58. The lowest BCUT2D eigenvalue weighted by Gasteiger charge is -2.32. The van der Waals surface area contributed by atoms with Gasteiger partial charge in [-0.15, -0.1) is 11.3 Å². The topological polar surface area (TPSA) is 125 Å². The van der Waals surface area contributed by atoms with Crippen LogP contribution in [0.1, 0.15) is 18.4 Å². The fraction of sp³-hybridized carbons (Fsp3) is 0.185. The van der Waals surface area contributed by atoms with Crippen molar-refractivity contribution in [3.63, 3.8) is 0 Å². The summed E-state index contributed by atoms with van der Waals surface area (Å²) in [5.74, 6) is 0.408. The van der Waals surface area contributed by atoms with Crippen LogP contribution in [0.3, 0.4) is 0 Å². The van der Waals surface area contributed by atoms with Crippen LogP contribution >= 0.6 is 22.9 Å². The number of nitrogens with one attached hydrogen (secondary N) is 1. The molecule has 204 valence electrons. The Bertz CT molecular complexity index is 1800. The molecule has 0 spiro atoms. The molecule has 0 aliphatic carbocycles. The van der Waals surface area contributed by atoms with Crippen molar-refractivity contribution in [2.75, 3.05) is 18.4 Å². The van der Waals surface area contributed by atoms with E-state index in [1.807, 2.05) is 46.3 Å². The van der Waals surface area contributed by atoms with Gasteiger partial charge in [0, 0.05) is 47.5 Å². The molecule has 6 rings (SSSR count). The summed E-state index contributed by atoms with van der Waals surface area (Å²) in [4.78, 5) is 15.1. The summed E-state index contributed by atoms with van der Waals surface area (Å²) in [5.41, 5.74) is 3.80. The summed E-state index contributed by atoms with van der Waals surface area (Å²) in [7, 11) is -3.65. The first-order valence-corrected chi connectivity index (χ1v) is 15.2. The molecular formula is C27H24ClN7O3S2. The Morgan fingerprint density at radius 1 is 1.15 bits per heavy atom. The smallest absolute Gasteiger partial charge is 0.243 e. The molecule has 5 aromatic rings. The summed E-state index contributed by atoms with van der Waals surface area (Å²) in [6.45, 7) is 0.740. The quantitative estimate of drug-likeness (QED) is 0.150. The van der Waals surface area contributed by atoms with E-state index < -0.39 is 10.0 Å². The van der Waals surface area contributed by atoms with Gasteiger partial charge in [-0.3, -0.25) is 4.40 Å². The van der Waals surface area contributed by atoms with E-state index in [9.17, 15) is 8.42 Å². The van der Waals surface area contributed by atoms with E-state index >= 15 is 0 Å². The molecule has 0 bridgehead atoms. The van der Waals surface area contributed by atoms with Gasteiger partial charge in [0.25, 0.3) is 0 Å². The molecular weight excluding hydrogens is 570 g/mol. The van der Waals surface area contributed by atoms with Crippen molar-refractivity contribution in [3.8, 4) is 22.6 Å². The summed E-state index contributed by atoms with van der Waals surface area (Å²) >= 11 is 7.47. The molecule has 4 heterocycles. The van der Waals surface area contributed by atoms with Gasteiger partial charge in [-0.05, 0) is 54.8 Å². The number of anilines is 1. The zero-order chi connectivity index (χ0) is 27.7. The molecule has 0 amide bonds. The molecule has 1 aliphatic rings. The molecule has 0 unspecified atom stereocenters. The summed E-state index contributed by atoms with van der Waals surface area (Å²) < 4.78 is 30.0. The lowest BCUT2D eigenvalue weighted by Crippen LogP contribution is -2.45. The van der Waals surface area contributed by atoms with Crippen LogP contribution in [-0.2, 0) is 10.0 Å². The maximum Gasteiger partial charge on any atom is 0.243 e. The second-order valence-electron chi connectivity index (χ2n) is 9.30. The number of hydrogen-bond acceptors (Lipinski definition) is 9. The second kappa shape index (κ2) is 11.0. The number of aromatic nitrogens is 4. The first kappa shape index (κ1) is 26.4. The van der Waals surface area contributed by atoms with E-state index in [1.54, 1.807) is 18.3 Å². The maximum absolute atomic E-state index is 13.2. The second-order valence-corrected chi connectivity index (χ2v) is 12.5.